The molecular formula is C21H27N5O. The molecule has 0 radical (unpaired) electrons. The van der Waals surface area contributed by atoms with Crippen LogP contribution in [-0.4, -0.2) is 42.3 Å². The van der Waals surface area contributed by atoms with E-state index in [4.69, 9.17) is 0 Å². The molecule has 1 aliphatic heterocycles. The molecule has 2 aliphatic rings. The average molecular weight is 365 g/mol. The molecule has 2 aromatic rings. The van der Waals surface area contributed by atoms with Gasteiger partial charge in [-0.15, -0.1) is 10.2 Å². The van der Waals surface area contributed by atoms with Gasteiger partial charge in [0, 0.05) is 25.2 Å². The number of amides is 1. The SMILES string of the molecule is O=C(NCCNc1ccc(-c2ccccc2)nn1)[C@@]12CCCC[C@H]1CNC2. The van der Waals surface area contributed by atoms with Crippen molar-refractivity contribution in [1.29, 1.82) is 0 Å². The predicted octanol–water partition coefficient (Wildman–Crippen LogP) is 2.45. The highest BCUT2D eigenvalue weighted by atomic mass is 16.2. The van der Waals surface area contributed by atoms with E-state index in [1.54, 1.807) is 0 Å². The van der Waals surface area contributed by atoms with Crippen molar-refractivity contribution < 1.29 is 4.79 Å². The number of hydrogen-bond acceptors (Lipinski definition) is 5. The summed E-state index contributed by atoms with van der Waals surface area (Å²) in [4.78, 5) is 12.8. The molecule has 2 fully saturated rings. The highest BCUT2D eigenvalue weighted by molar-refractivity contribution is 5.84. The fourth-order valence-corrected chi connectivity index (χ4v) is 4.42. The van der Waals surface area contributed by atoms with Crippen LogP contribution in [0.5, 0.6) is 0 Å². The van der Waals surface area contributed by atoms with E-state index in [1.165, 1.54) is 12.8 Å². The van der Waals surface area contributed by atoms with Gasteiger partial charge in [-0.05, 0) is 37.4 Å². The fourth-order valence-electron chi connectivity index (χ4n) is 4.42. The van der Waals surface area contributed by atoms with Crippen LogP contribution in [0.2, 0.25) is 0 Å². The normalized spacial score (nSPS) is 24.2. The first-order valence-electron chi connectivity index (χ1n) is 9.90. The number of hydrogen-bond donors (Lipinski definition) is 3. The van der Waals surface area contributed by atoms with Crippen LogP contribution in [0.25, 0.3) is 11.3 Å². The molecule has 1 amide bonds. The number of aromatic nitrogens is 2. The number of carbonyl (C=O) groups is 1. The molecule has 0 unspecified atom stereocenters. The second-order valence-corrected chi connectivity index (χ2v) is 7.58. The maximum Gasteiger partial charge on any atom is 0.227 e. The molecule has 1 saturated heterocycles. The Labute approximate surface area is 160 Å². The molecule has 2 atom stereocenters. The van der Waals surface area contributed by atoms with Crippen LogP contribution in [0.1, 0.15) is 25.7 Å². The number of rotatable bonds is 6. The Kier molecular flexibility index (Phi) is 5.34. The summed E-state index contributed by atoms with van der Waals surface area (Å²) < 4.78 is 0. The first-order chi connectivity index (χ1) is 13.3. The third-order valence-corrected chi connectivity index (χ3v) is 5.94. The van der Waals surface area contributed by atoms with Crippen LogP contribution < -0.4 is 16.0 Å². The number of fused-ring (bicyclic) bond motifs is 1. The van der Waals surface area contributed by atoms with Gasteiger partial charge in [-0.1, -0.05) is 43.2 Å². The van der Waals surface area contributed by atoms with Crippen molar-refractivity contribution in [3.63, 3.8) is 0 Å². The number of anilines is 1. The molecule has 2 heterocycles. The topological polar surface area (TPSA) is 78.9 Å². The molecule has 142 valence electrons. The van der Waals surface area contributed by atoms with E-state index in [1.807, 2.05) is 42.5 Å². The number of nitrogens with one attached hydrogen (secondary N) is 3. The molecule has 0 spiro atoms. The molecule has 1 aliphatic carbocycles. The van der Waals surface area contributed by atoms with E-state index in [-0.39, 0.29) is 11.3 Å². The molecule has 4 rings (SSSR count). The maximum absolute atomic E-state index is 12.8. The number of nitrogens with zero attached hydrogens (tertiary/aromatic N) is 2. The van der Waals surface area contributed by atoms with Crippen molar-refractivity contribution in [2.45, 2.75) is 25.7 Å². The Bertz CT molecular complexity index is 764. The summed E-state index contributed by atoms with van der Waals surface area (Å²) in [6.07, 6.45) is 4.59. The number of benzene rings is 1. The van der Waals surface area contributed by atoms with Gasteiger partial charge in [0.05, 0.1) is 11.1 Å². The van der Waals surface area contributed by atoms with Crippen molar-refractivity contribution in [2.75, 3.05) is 31.5 Å². The van der Waals surface area contributed by atoms with Gasteiger partial charge >= 0.3 is 0 Å². The quantitative estimate of drug-likeness (QED) is 0.686. The van der Waals surface area contributed by atoms with Crippen LogP contribution in [0, 0.1) is 11.3 Å². The predicted molar refractivity (Wildman–Crippen MR) is 106 cm³/mol. The monoisotopic (exact) mass is 365 g/mol. The van der Waals surface area contributed by atoms with Crippen molar-refractivity contribution in [3.8, 4) is 11.3 Å². The lowest BCUT2D eigenvalue weighted by Gasteiger charge is -2.37. The van der Waals surface area contributed by atoms with Crippen molar-refractivity contribution in [1.82, 2.24) is 20.8 Å². The third kappa shape index (κ3) is 3.81. The molecular weight excluding hydrogens is 338 g/mol. The van der Waals surface area contributed by atoms with Crippen LogP contribution in [0.4, 0.5) is 5.82 Å². The zero-order valence-electron chi connectivity index (χ0n) is 15.6. The lowest BCUT2D eigenvalue weighted by Crippen LogP contribution is -2.48. The first-order valence-corrected chi connectivity index (χ1v) is 9.90. The Balaban J connectivity index is 1.26. The second kappa shape index (κ2) is 8.05. The smallest absolute Gasteiger partial charge is 0.227 e. The van der Waals surface area contributed by atoms with Crippen LogP contribution in [0.3, 0.4) is 0 Å². The Morgan fingerprint density at radius 3 is 2.81 bits per heavy atom. The largest absolute Gasteiger partial charge is 0.367 e. The Hall–Kier alpha value is -2.47. The van der Waals surface area contributed by atoms with Gasteiger partial charge in [0.15, 0.2) is 0 Å². The number of carbonyl (C=O) groups excluding carboxylic acids is 1. The summed E-state index contributed by atoms with van der Waals surface area (Å²) in [6, 6.07) is 13.9. The second-order valence-electron chi connectivity index (χ2n) is 7.58. The van der Waals surface area contributed by atoms with Gasteiger partial charge in [0.1, 0.15) is 5.82 Å². The lowest BCUT2D eigenvalue weighted by molar-refractivity contribution is -0.133. The van der Waals surface area contributed by atoms with Gasteiger partial charge in [-0.25, -0.2) is 0 Å². The Morgan fingerprint density at radius 1 is 1.11 bits per heavy atom. The van der Waals surface area contributed by atoms with Crippen molar-refractivity contribution in [3.05, 3.63) is 42.5 Å². The van der Waals surface area contributed by atoms with Crippen LogP contribution >= 0.6 is 0 Å². The zero-order chi connectivity index (χ0) is 18.5. The van der Waals surface area contributed by atoms with Crippen molar-refractivity contribution in [2.24, 2.45) is 11.3 Å². The standard InChI is InChI=1S/C21H27N5O/c27-20(21-11-5-4-8-17(21)14-22-15-21)24-13-12-23-19-10-9-18(25-26-19)16-6-2-1-3-7-16/h1-3,6-7,9-10,17,22H,4-5,8,11-15H2,(H,23,26)(H,24,27)/t17-,21+/m0/s1. The molecule has 1 saturated carbocycles. The summed E-state index contributed by atoms with van der Waals surface area (Å²) in [5.41, 5.74) is 1.72. The summed E-state index contributed by atoms with van der Waals surface area (Å²) in [6.45, 7) is 3.03. The van der Waals surface area contributed by atoms with Gasteiger partial charge in [0.2, 0.25) is 5.91 Å². The molecule has 0 bridgehead atoms. The molecule has 1 aromatic heterocycles. The van der Waals surface area contributed by atoms with Crippen molar-refractivity contribution >= 4 is 11.7 Å². The van der Waals surface area contributed by atoms with E-state index < -0.39 is 0 Å². The van der Waals surface area contributed by atoms with E-state index in [2.05, 4.69) is 26.1 Å². The maximum atomic E-state index is 12.8. The summed E-state index contributed by atoms with van der Waals surface area (Å²) in [5.74, 6) is 1.43. The summed E-state index contributed by atoms with van der Waals surface area (Å²) >= 11 is 0. The minimum Gasteiger partial charge on any atom is -0.367 e. The highest BCUT2D eigenvalue weighted by Gasteiger charge is 2.49. The van der Waals surface area contributed by atoms with Crippen LogP contribution in [0.15, 0.2) is 42.5 Å². The third-order valence-electron chi connectivity index (χ3n) is 5.94. The minimum absolute atomic E-state index is 0.185. The average Bonchev–Trinajstić information content (AvgIpc) is 3.17. The zero-order valence-corrected chi connectivity index (χ0v) is 15.6. The van der Waals surface area contributed by atoms with Crippen LogP contribution in [-0.2, 0) is 4.79 Å². The minimum atomic E-state index is -0.185. The van der Waals surface area contributed by atoms with Gasteiger partial charge < -0.3 is 16.0 Å². The van der Waals surface area contributed by atoms with E-state index >= 15 is 0 Å². The lowest BCUT2D eigenvalue weighted by atomic mass is 9.67. The molecule has 6 nitrogen and oxygen atoms in total. The fraction of sp³-hybridized carbons (Fsp3) is 0.476. The first kappa shape index (κ1) is 17.9. The molecule has 6 heteroatoms. The van der Waals surface area contributed by atoms with Gasteiger partial charge in [-0.2, -0.15) is 0 Å². The molecule has 3 N–H and O–H groups in total. The van der Waals surface area contributed by atoms with Gasteiger partial charge in [0.25, 0.3) is 0 Å². The van der Waals surface area contributed by atoms with E-state index in [9.17, 15) is 4.79 Å². The van der Waals surface area contributed by atoms with E-state index in [0.717, 1.165) is 43.0 Å². The highest BCUT2D eigenvalue weighted by Crippen LogP contribution is 2.43. The van der Waals surface area contributed by atoms with E-state index in [0.29, 0.717) is 19.0 Å². The molecule has 1 aromatic carbocycles. The summed E-state index contributed by atoms with van der Waals surface area (Å²) in [5, 5.41) is 18.3. The Morgan fingerprint density at radius 2 is 2.00 bits per heavy atom. The van der Waals surface area contributed by atoms with Gasteiger partial charge in [-0.3, -0.25) is 4.79 Å². The summed E-state index contributed by atoms with van der Waals surface area (Å²) in [7, 11) is 0. The molecule has 27 heavy (non-hydrogen) atoms.